The van der Waals surface area contributed by atoms with Gasteiger partial charge in [0.15, 0.2) is 0 Å². The topological polar surface area (TPSA) is 114 Å². The summed E-state index contributed by atoms with van der Waals surface area (Å²) in [4.78, 5) is 11.1. The van der Waals surface area contributed by atoms with Crippen molar-refractivity contribution in [3.8, 4) is 11.8 Å². The summed E-state index contributed by atoms with van der Waals surface area (Å²) in [6, 6.07) is 11.8. The number of amides is 1. The number of ether oxygens (including phenoxy) is 1. The number of hydrogen-bond acceptors (Lipinski definition) is 5. The highest BCUT2D eigenvalue weighted by atomic mass is 16.5. The standard InChI is InChI=1S/C15H14N4O2/c1-21-14-6-9(8-16)2-4-13(14)19-12-5-3-10(15(18)20)7-11(12)17/h2-7,19H,17H2,1H3,(H2,18,20). The maximum atomic E-state index is 11.1. The number of primary amides is 1. The van der Waals surface area contributed by atoms with Crippen molar-refractivity contribution in [2.45, 2.75) is 0 Å². The second-order valence-corrected chi connectivity index (χ2v) is 4.32. The SMILES string of the molecule is COc1cc(C#N)ccc1Nc1ccc(C(N)=O)cc1N. The van der Waals surface area contributed by atoms with Crippen LogP contribution in [0.25, 0.3) is 0 Å². The molecule has 106 valence electrons. The quantitative estimate of drug-likeness (QED) is 0.742. The Morgan fingerprint density at radius 1 is 1.24 bits per heavy atom. The van der Waals surface area contributed by atoms with Crippen LogP contribution >= 0.6 is 0 Å². The normalized spacial score (nSPS) is 9.71. The lowest BCUT2D eigenvalue weighted by molar-refractivity contribution is 0.100. The highest BCUT2D eigenvalue weighted by Gasteiger charge is 2.08. The first-order valence-electron chi connectivity index (χ1n) is 6.09. The largest absolute Gasteiger partial charge is 0.495 e. The second kappa shape index (κ2) is 5.84. The van der Waals surface area contributed by atoms with Gasteiger partial charge in [0.2, 0.25) is 5.91 Å². The van der Waals surface area contributed by atoms with Crippen molar-refractivity contribution in [2.75, 3.05) is 18.2 Å². The molecule has 0 bridgehead atoms. The summed E-state index contributed by atoms with van der Waals surface area (Å²) >= 11 is 0. The Balaban J connectivity index is 2.34. The lowest BCUT2D eigenvalue weighted by atomic mass is 10.1. The number of anilines is 3. The van der Waals surface area contributed by atoms with Crippen molar-refractivity contribution in [1.29, 1.82) is 5.26 Å². The molecule has 0 unspecified atom stereocenters. The molecule has 0 aliphatic rings. The predicted octanol–water partition coefficient (Wildman–Crippen LogP) is 1.99. The molecule has 2 aromatic rings. The Kier molecular flexibility index (Phi) is 3.95. The molecule has 0 heterocycles. The van der Waals surface area contributed by atoms with E-state index >= 15 is 0 Å². The molecule has 6 heteroatoms. The van der Waals surface area contributed by atoms with Gasteiger partial charge in [-0.3, -0.25) is 4.79 Å². The maximum Gasteiger partial charge on any atom is 0.248 e. The van der Waals surface area contributed by atoms with E-state index in [4.69, 9.17) is 21.5 Å². The first-order valence-corrected chi connectivity index (χ1v) is 6.09. The fourth-order valence-corrected chi connectivity index (χ4v) is 1.84. The Morgan fingerprint density at radius 3 is 2.52 bits per heavy atom. The van der Waals surface area contributed by atoms with Gasteiger partial charge in [0, 0.05) is 11.6 Å². The molecule has 0 aliphatic heterocycles. The third-order valence-electron chi connectivity index (χ3n) is 2.94. The van der Waals surface area contributed by atoms with Crippen LogP contribution in [0.4, 0.5) is 17.1 Å². The number of nitrogens with two attached hydrogens (primary N) is 2. The van der Waals surface area contributed by atoms with Crippen molar-refractivity contribution >= 4 is 23.0 Å². The van der Waals surface area contributed by atoms with Crippen LogP contribution in [-0.4, -0.2) is 13.0 Å². The van der Waals surface area contributed by atoms with Gasteiger partial charge in [-0.2, -0.15) is 5.26 Å². The molecule has 0 saturated heterocycles. The Morgan fingerprint density at radius 2 is 1.95 bits per heavy atom. The molecule has 2 aromatic carbocycles. The zero-order valence-corrected chi connectivity index (χ0v) is 11.4. The third-order valence-corrected chi connectivity index (χ3v) is 2.94. The number of rotatable bonds is 4. The van der Waals surface area contributed by atoms with Gasteiger partial charge in [0.1, 0.15) is 5.75 Å². The van der Waals surface area contributed by atoms with Gasteiger partial charge in [-0.15, -0.1) is 0 Å². The number of nitriles is 1. The summed E-state index contributed by atoms with van der Waals surface area (Å²) in [5.74, 6) is -0.0170. The lowest BCUT2D eigenvalue weighted by Crippen LogP contribution is -2.11. The van der Waals surface area contributed by atoms with Crippen LogP contribution in [0, 0.1) is 11.3 Å². The molecule has 5 N–H and O–H groups in total. The molecule has 0 saturated carbocycles. The minimum atomic E-state index is -0.538. The smallest absolute Gasteiger partial charge is 0.248 e. The van der Waals surface area contributed by atoms with Crippen molar-refractivity contribution in [3.05, 3.63) is 47.5 Å². The van der Waals surface area contributed by atoms with E-state index in [1.807, 2.05) is 6.07 Å². The highest BCUT2D eigenvalue weighted by Crippen LogP contribution is 2.31. The molecule has 0 spiro atoms. The summed E-state index contributed by atoms with van der Waals surface area (Å²) in [5, 5.41) is 12.0. The van der Waals surface area contributed by atoms with Gasteiger partial charge in [-0.1, -0.05) is 0 Å². The zero-order chi connectivity index (χ0) is 15.4. The van der Waals surface area contributed by atoms with Crippen LogP contribution in [0.3, 0.4) is 0 Å². The average molecular weight is 282 g/mol. The summed E-state index contributed by atoms with van der Waals surface area (Å²) in [6.07, 6.45) is 0. The van der Waals surface area contributed by atoms with Gasteiger partial charge in [0.25, 0.3) is 0 Å². The number of methoxy groups -OCH3 is 1. The Hall–Kier alpha value is -3.20. The number of benzene rings is 2. The molecular weight excluding hydrogens is 268 g/mol. The lowest BCUT2D eigenvalue weighted by Gasteiger charge is -2.13. The molecule has 0 aliphatic carbocycles. The molecule has 0 aromatic heterocycles. The van der Waals surface area contributed by atoms with Crippen LogP contribution < -0.4 is 21.5 Å². The van der Waals surface area contributed by atoms with E-state index < -0.39 is 5.91 Å². The first kappa shape index (κ1) is 14.2. The summed E-state index contributed by atoms with van der Waals surface area (Å²) < 4.78 is 5.23. The molecule has 0 fully saturated rings. The van der Waals surface area contributed by atoms with Gasteiger partial charge in [-0.25, -0.2) is 0 Å². The molecule has 2 rings (SSSR count). The number of hydrogen-bond donors (Lipinski definition) is 3. The van der Waals surface area contributed by atoms with Crippen molar-refractivity contribution < 1.29 is 9.53 Å². The van der Waals surface area contributed by atoms with E-state index in [1.54, 1.807) is 30.3 Å². The fraction of sp³-hybridized carbons (Fsp3) is 0.0667. The number of carbonyl (C=O) groups is 1. The van der Waals surface area contributed by atoms with Crippen molar-refractivity contribution in [3.63, 3.8) is 0 Å². The number of nitrogen functional groups attached to an aromatic ring is 1. The summed E-state index contributed by atoms with van der Waals surface area (Å²) in [6.45, 7) is 0. The molecule has 0 atom stereocenters. The molecule has 1 amide bonds. The van der Waals surface area contributed by atoms with Crippen molar-refractivity contribution in [2.24, 2.45) is 5.73 Å². The van der Waals surface area contributed by atoms with E-state index in [0.717, 1.165) is 0 Å². The van der Waals surface area contributed by atoms with Gasteiger partial charge in [0.05, 0.1) is 35.8 Å². The van der Waals surface area contributed by atoms with Crippen molar-refractivity contribution in [1.82, 2.24) is 0 Å². The fourth-order valence-electron chi connectivity index (χ4n) is 1.84. The minimum Gasteiger partial charge on any atom is -0.495 e. The van der Waals surface area contributed by atoms with Crippen LogP contribution in [0.5, 0.6) is 5.75 Å². The Bertz CT molecular complexity index is 735. The number of nitrogens with one attached hydrogen (secondary N) is 1. The molecule has 21 heavy (non-hydrogen) atoms. The van der Waals surface area contributed by atoms with Gasteiger partial charge >= 0.3 is 0 Å². The average Bonchev–Trinajstić information content (AvgIpc) is 2.49. The van der Waals surface area contributed by atoms with E-state index in [1.165, 1.54) is 13.2 Å². The van der Waals surface area contributed by atoms with Crippen LogP contribution in [0.2, 0.25) is 0 Å². The zero-order valence-electron chi connectivity index (χ0n) is 11.4. The van der Waals surface area contributed by atoms with Gasteiger partial charge < -0.3 is 21.5 Å². The summed E-state index contributed by atoms with van der Waals surface area (Å²) in [5.41, 5.74) is 13.6. The molecule has 6 nitrogen and oxygen atoms in total. The molecular formula is C15H14N4O2. The van der Waals surface area contributed by atoms with E-state index in [-0.39, 0.29) is 0 Å². The van der Waals surface area contributed by atoms with Crippen LogP contribution in [0.15, 0.2) is 36.4 Å². The number of carbonyl (C=O) groups excluding carboxylic acids is 1. The van der Waals surface area contributed by atoms with E-state index in [0.29, 0.717) is 33.9 Å². The second-order valence-electron chi connectivity index (χ2n) is 4.32. The van der Waals surface area contributed by atoms with Gasteiger partial charge in [-0.05, 0) is 30.3 Å². The summed E-state index contributed by atoms with van der Waals surface area (Å²) in [7, 11) is 1.52. The third kappa shape index (κ3) is 3.04. The van der Waals surface area contributed by atoms with E-state index in [9.17, 15) is 4.79 Å². The predicted molar refractivity (Wildman–Crippen MR) is 80.4 cm³/mol. The monoisotopic (exact) mass is 282 g/mol. The first-order chi connectivity index (χ1) is 10.0. The highest BCUT2D eigenvalue weighted by molar-refractivity contribution is 5.95. The Labute approximate surface area is 121 Å². The van der Waals surface area contributed by atoms with Crippen LogP contribution in [-0.2, 0) is 0 Å². The van der Waals surface area contributed by atoms with Crippen LogP contribution in [0.1, 0.15) is 15.9 Å². The maximum absolute atomic E-state index is 11.1. The van der Waals surface area contributed by atoms with E-state index in [2.05, 4.69) is 5.32 Å². The number of nitrogens with zero attached hydrogens (tertiary/aromatic N) is 1. The minimum absolute atomic E-state index is 0.338. The molecule has 0 radical (unpaired) electrons.